The molecule has 0 spiro atoms. The molecule has 0 aliphatic carbocycles. The minimum absolute atomic E-state index is 0.722. The van der Waals surface area contributed by atoms with Crippen LogP contribution in [0.15, 0.2) is 24.8 Å². The Labute approximate surface area is 296 Å². The van der Waals surface area contributed by atoms with Gasteiger partial charge < -0.3 is 42.2 Å². The van der Waals surface area contributed by atoms with Gasteiger partial charge in [0.1, 0.15) is 0 Å². The summed E-state index contributed by atoms with van der Waals surface area (Å²) in [5, 5.41) is 0. The molecule has 1 rings (SSSR count). The average Bonchev–Trinajstić information content (AvgIpc) is 3.09. The first kappa shape index (κ1) is 44.3. The number of hydrogen-bond donors (Lipinski definition) is 4. The molecule has 1 aromatic rings. The van der Waals surface area contributed by atoms with E-state index in [4.69, 9.17) is 32.4 Å². The van der Waals surface area contributed by atoms with Crippen LogP contribution in [0.1, 0.15) is 134 Å². The molecule has 0 heterocycles. The van der Waals surface area contributed by atoms with Gasteiger partial charge in [0.05, 0.1) is 13.2 Å². The van der Waals surface area contributed by atoms with Crippen molar-refractivity contribution in [1.82, 2.24) is 9.80 Å². The fourth-order valence-electron chi connectivity index (χ4n) is 6.35. The van der Waals surface area contributed by atoms with E-state index < -0.39 is 0 Å². The zero-order chi connectivity index (χ0) is 34.8. The van der Waals surface area contributed by atoms with Gasteiger partial charge in [-0.3, -0.25) is 0 Å². The fraction of sp³-hybridized carbons (Fsp3) is 0.800. The molecule has 0 amide bonds. The molecule has 0 unspecified atom stereocenters. The number of ether oxygens (including phenoxy) is 2. The second-order valence-electron chi connectivity index (χ2n) is 13.5. The lowest BCUT2D eigenvalue weighted by Crippen LogP contribution is -2.34. The molecule has 48 heavy (non-hydrogen) atoms. The molecule has 0 bridgehead atoms. The summed E-state index contributed by atoms with van der Waals surface area (Å²) in [6, 6.07) is 6.16. The lowest BCUT2D eigenvalue weighted by Gasteiger charge is -2.20. The molecule has 0 aromatic heterocycles. The Morgan fingerprint density at radius 3 is 1.12 bits per heavy atom. The van der Waals surface area contributed by atoms with Gasteiger partial charge in [0.25, 0.3) is 0 Å². The Bertz CT molecular complexity index is 830. The first-order valence-electron chi connectivity index (χ1n) is 20.0. The Morgan fingerprint density at radius 2 is 0.771 bits per heavy atom. The standard InChI is InChI=1S/C40H78N6O2/c1-2-38-23-24-39(47-35-21-17-13-9-5-3-7-11-15-19-29-45(31-25-41)32-26-42)40(37-38)48-36-22-18-14-10-6-4-8-12-16-20-30-46(33-27-43)34-28-44/h2,23-24,37H,1,3-22,25-36,41-44H2. The smallest absolute Gasteiger partial charge is 0.161 e. The van der Waals surface area contributed by atoms with Crippen LogP contribution in [-0.4, -0.2) is 88.5 Å². The van der Waals surface area contributed by atoms with Crippen molar-refractivity contribution in [3.63, 3.8) is 0 Å². The van der Waals surface area contributed by atoms with Crippen molar-refractivity contribution < 1.29 is 9.47 Å². The molecule has 1 aromatic carbocycles. The summed E-state index contributed by atoms with van der Waals surface area (Å²) in [6.07, 6.45) is 27.7. The minimum atomic E-state index is 0.722. The van der Waals surface area contributed by atoms with Crippen LogP contribution < -0.4 is 32.4 Å². The highest BCUT2D eigenvalue weighted by atomic mass is 16.5. The van der Waals surface area contributed by atoms with Crippen LogP contribution in [0.5, 0.6) is 11.5 Å². The highest BCUT2D eigenvalue weighted by molar-refractivity contribution is 5.54. The predicted molar refractivity (Wildman–Crippen MR) is 209 cm³/mol. The maximum absolute atomic E-state index is 6.20. The van der Waals surface area contributed by atoms with E-state index in [9.17, 15) is 0 Å². The van der Waals surface area contributed by atoms with E-state index in [0.29, 0.717) is 0 Å². The topological polar surface area (TPSA) is 129 Å². The van der Waals surface area contributed by atoms with Crippen LogP contribution in [-0.2, 0) is 0 Å². The van der Waals surface area contributed by atoms with E-state index in [1.165, 1.54) is 116 Å². The van der Waals surface area contributed by atoms with Crippen LogP contribution in [0.25, 0.3) is 6.08 Å². The van der Waals surface area contributed by atoms with E-state index in [0.717, 1.165) is 109 Å². The van der Waals surface area contributed by atoms with E-state index in [1.807, 2.05) is 12.1 Å². The number of nitrogens with zero attached hydrogens (tertiary/aromatic N) is 2. The Hall–Kier alpha value is -1.68. The van der Waals surface area contributed by atoms with Gasteiger partial charge in [-0.2, -0.15) is 0 Å². The summed E-state index contributed by atoms with van der Waals surface area (Å²) in [7, 11) is 0. The Balaban J connectivity index is 2.05. The number of unbranched alkanes of at least 4 members (excludes halogenated alkanes) is 18. The number of rotatable bonds is 37. The summed E-state index contributed by atoms with van der Waals surface area (Å²) < 4.78 is 12.4. The average molecular weight is 675 g/mol. The second kappa shape index (κ2) is 33.8. The molecular weight excluding hydrogens is 596 g/mol. The van der Waals surface area contributed by atoms with E-state index in [2.05, 4.69) is 28.5 Å². The summed E-state index contributed by atoms with van der Waals surface area (Å²) >= 11 is 0. The number of nitrogens with two attached hydrogens (primary N) is 4. The largest absolute Gasteiger partial charge is 0.490 e. The maximum Gasteiger partial charge on any atom is 0.161 e. The predicted octanol–water partition coefficient (Wildman–Crippen LogP) is 7.33. The number of benzene rings is 1. The van der Waals surface area contributed by atoms with Gasteiger partial charge in [0.2, 0.25) is 0 Å². The molecule has 0 saturated carbocycles. The van der Waals surface area contributed by atoms with E-state index >= 15 is 0 Å². The van der Waals surface area contributed by atoms with Gasteiger partial charge in [-0.15, -0.1) is 0 Å². The summed E-state index contributed by atoms with van der Waals surface area (Å²) in [4.78, 5) is 4.79. The van der Waals surface area contributed by atoms with Gasteiger partial charge in [0, 0.05) is 52.4 Å². The van der Waals surface area contributed by atoms with Crippen LogP contribution in [0.3, 0.4) is 0 Å². The fourth-order valence-corrected chi connectivity index (χ4v) is 6.35. The molecule has 8 heteroatoms. The first-order valence-corrected chi connectivity index (χ1v) is 20.0. The zero-order valence-electron chi connectivity index (χ0n) is 31.2. The number of hydrogen-bond acceptors (Lipinski definition) is 8. The third-order valence-corrected chi connectivity index (χ3v) is 9.24. The molecule has 8 nitrogen and oxygen atoms in total. The van der Waals surface area contributed by atoms with Gasteiger partial charge in [0.15, 0.2) is 11.5 Å². The highest BCUT2D eigenvalue weighted by Gasteiger charge is 2.07. The van der Waals surface area contributed by atoms with Crippen molar-refractivity contribution in [2.24, 2.45) is 22.9 Å². The molecule has 0 aliphatic rings. The molecule has 280 valence electrons. The lowest BCUT2D eigenvalue weighted by atomic mass is 10.1. The highest BCUT2D eigenvalue weighted by Crippen LogP contribution is 2.29. The minimum Gasteiger partial charge on any atom is -0.490 e. The SMILES string of the molecule is C=Cc1ccc(OCCCCCCCCCCCCN(CCN)CCN)c(OCCCCCCCCCCCCN(CCN)CCN)c1. The van der Waals surface area contributed by atoms with E-state index in [-0.39, 0.29) is 0 Å². The lowest BCUT2D eigenvalue weighted by molar-refractivity contribution is 0.258. The van der Waals surface area contributed by atoms with Gasteiger partial charge >= 0.3 is 0 Å². The van der Waals surface area contributed by atoms with Crippen LogP contribution in [0, 0.1) is 0 Å². The summed E-state index contributed by atoms with van der Waals surface area (Å²) in [6.45, 7) is 14.4. The zero-order valence-corrected chi connectivity index (χ0v) is 31.2. The molecule has 0 saturated heterocycles. The molecule has 0 aliphatic heterocycles. The van der Waals surface area contributed by atoms with Crippen molar-refractivity contribution in [1.29, 1.82) is 0 Å². The summed E-state index contributed by atoms with van der Waals surface area (Å²) in [5.41, 5.74) is 23.9. The normalized spacial score (nSPS) is 11.5. The van der Waals surface area contributed by atoms with Crippen LogP contribution in [0.2, 0.25) is 0 Å². The molecule has 0 atom stereocenters. The van der Waals surface area contributed by atoms with Gasteiger partial charge in [-0.25, -0.2) is 0 Å². The van der Waals surface area contributed by atoms with Crippen molar-refractivity contribution in [3.05, 3.63) is 30.3 Å². The third-order valence-electron chi connectivity index (χ3n) is 9.24. The Morgan fingerprint density at radius 1 is 0.438 bits per heavy atom. The molecule has 0 radical (unpaired) electrons. The second-order valence-corrected chi connectivity index (χ2v) is 13.5. The van der Waals surface area contributed by atoms with Gasteiger partial charge in [-0.05, 0) is 56.5 Å². The summed E-state index contributed by atoms with van der Waals surface area (Å²) in [5.74, 6) is 1.72. The molecule has 0 fully saturated rings. The van der Waals surface area contributed by atoms with Crippen LogP contribution >= 0.6 is 0 Å². The van der Waals surface area contributed by atoms with Crippen molar-refractivity contribution in [2.45, 2.75) is 128 Å². The molecular formula is C40H78N6O2. The van der Waals surface area contributed by atoms with Crippen molar-refractivity contribution in [2.75, 3.05) is 78.7 Å². The van der Waals surface area contributed by atoms with Gasteiger partial charge in [-0.1, -0.05) is 121 Å². The quantitative estimate of drug-likeness (QED) is 0.0540. The third kappa shape index (κ3) is 25.3. The van der Waals surface area contributed by atoms with Crippen LogP contribution in [0.4, 0.5) is 0 Å². The molecule has 8 N–H and O–H groups in total. The maximum atomic E-state index is 6.20. The van der Waals surface area contributed by atoms with E-state index in [1.54, 1.807) is 0 Å². The van der Waals surface area contributed by atoms with Crippen molar-refractivity contribution >= 4 is 6.08 Å². The monoisotopic (exact) mass is 675 g/mol. The Kier molecular flexibility index (Phi) is 31.2. The first-order chi connectivity index (χ1) is 23.7. The van der Waals surface area contributed by atoms with Crippen molar-refractivity contribution in [3.8, 4) is 11.5 Å².